The third kappa shape index (κ3) is 4.53. The first kappa shape index (κ1) is 31.3. The average molecular weight is 669 g/mol. The second-order valence-electron chi connectivity index (χ2n) is 16.9. The quantitative estimate of drug-likeness (QED) is 0.164. The van der Waals surface area contributed by atoms with Gasteiger partial charge in [-0.15, -0.1) is 0 Å². The highest BCUT2D eigenvalue weighted by atomic mass is 14.2. The van der Waals surface area contributed by atoms with Gasteiger partial charge < -0.3 is 0 Å². The fourth-order valence-electron chi connectivity index (χ4n) is 9.25. The molecule has 0 N–H and O–H groups in total. The lowest BCUT2D eigenvalue weighted by molar-refractivity contribution is 0.591. The van der Waals surface area contributed by atoms with Crippen molar-refractivity contribution in [1.29, 1.82) is 0 Å². The van der Waals surface area contributed by atoms with Gasteiger partial charge in [0.2, 0.25) is 0 Å². The van der Waals surface area contributed by atoms with E-state index in [0.29, 0.717) is 11.8 Å². The van der Waals surface area contributed by atoms with Crippen LogP contribution in [0.15, 0.2) is 127 Å². The molecule has 0 aliphatic heterocycles. The summed E-state index contributed by atoms with van der Waals surface area (Å²) in [6, 6.07) is 49.5. The van der Waals surface area contributed by atoms with Gasteiger partial charge in [0.25, 0.3) is 0 Å². The van der Waals surface area contributed by atoms with Crippen molar-refractivity contribution < 1.29 is 0 Å². The minimum Gasteiger partial charge on any atom is -0.0587 e. The molecular weight excluding hydrogens is 625 g/mol. The smallest absolute Gasteiger partial charge is 0.00176 e. The summed E-state index contributed by atoms with van der Waals surface area (Å²) in [4.78, 5) is 0. The van der Waals surface area contributed by atoms with E-state index in [1.54, 1.807) is 0 Å². The monoisotopic (exact) mass is 668 g/mol. The van der Waals surface area contributed by atoms with E-state index in [1.807, 2.05) is 0 Å². The largest absolute Gasteiger partial charge is 0.0587 e. The van der Waals surface area contributed by atoms with Crippen LogP contribution in [0.1, 0.15) is 77.0 Å². The predicted octanol–water partition coefficient (Wildman–Crippen LogP) is 15.5. The van der Waals surface area contributed by atoms with E-state index in [-0.39, 0.29) is 5.41 Å². The van der Waals surface area contributed by atoms with Gasteiger partial charge in [-0.1, -0.05) is 158 Å². The maximum atomic E-state index is 2.48. The predicted molar refractivity (Wildman–Crippen MR) is 229 cm³/mol. The Labute approximate surface area is 306 Å². The summed E-state index contributed by atoms with van der Waals surface area (Å²) in [5, 5.41) is 18.9. The van der Waals surface area contributed by atoms with Crippen molar-refractivity contribution in [3.05, 3.63) is 144 Å². The molecule has 0 aliphatic carbocycles. The maximum Gasteiger partial charge on any atom is -0.00176 e. The van der Waals surface area contributed by atoms with Gasteiger partial charge in [-0.2, -0.15) is 0 Å². The van der Waals surface area contributed by atoms with Gasteiger partial charge in [0.05, 0.1) is 0 Å². The van der Waals surface area contributed by atoms with Gasteiger partial charge in [-0.05, 0) is 150 Å². The van der Waals surface area contributed by atoms with Crippen LogP contribution >= 0.6 is 0 Å². The molecular formula is C52H44. The van der Waals surface area contributed by atoms with E-state index in [1.165, 1.54) is 114 Å². The summed E-state index contributed by atoms with van der Waals surface area (Å²) >= 11 is 0. The van der Waals surface area contributed by atoms with Crippen LogP contribution in [-0.2, 0) is 5.41 Å². The Balaban J connectivity index is 1.18. The minimum atomic E-state index is 0.102. The second-order valence-corrected chi connectivity index (χ2v) is 16.9. The Morgan fingerprint density at radius 2 is 0.827 bits per heavy atom. The fraction of sp³-hybridized carbons (Fsp3) is 0.192. The van der Waals surface area contributed by atoms with Crippen LogP contribution in [-0.4, -0.2) is 0 Å². The van der Waals surface area contributed by atoms with Crippen LogP contribution < -0.4 is 0 Å². The molecule has 0 saturated carbocycles. The molecule has 10 aromatic rings. The van der Waals surface area contributed by atoms with Crippen LogP contribution in [0.3, 0.4) is 0 Å². The molecule has 0 unspecified atom stereocenters. The van der Waals surface area contributed by atoms with Crippen LogP contribution in [0, 0.1) is 0 Å². The molecule has 0 heterocycles. The highest BCUT2D eigenvalue weighted by Crippen LogP contribution is 2.46. The van der Waals surface area contributed by atoms with Gasteiger partial charge in [-0.3, -0.25) is 0 Å². The number of hydrogen-bond acceptors (Lipinski definition) is 0. The molecule has 10 rings (SSSR count). The molecule has 0 aliphatic rings. The van der Waals surface area contributed by atoms with Crippen LogP contribution in [0.25, 0.3) is 97.7 Å². The highest BCUT2D eigenvalue weighted by molar-refractivity contribution is 6.28. The van der Waals surface area contributed by atoms with Crippen molar-refractivity contribution in [2.75, 3.05) is 0 Å². The van der Waals surface area contributed by atoms with Gasteiger partial charge in [-0.25, -0.2) is 0 Å². The summed E-state index contributed by atoms with van der Waals surface area (Å²) in [6.45, 7) is 16.2. The molecule has 0 heteroatoms. The van der Waals surface area contributed by atoms with E-state index >= 15 is 0 Å². The molecule has 0 spiro atoms. The van der Waals surface area contributed by atoms with E-state index in [9.17, 15) is 0 Å². The third-order valence-corrected chi connectivity index (χ3v) is 12.0. The zero-order valence-corrected chi connectivity index (χ0v) is 31.3. The number of benzene rings is 10. The Bertz CT molecular complexity index is 3020. The zero-order chi connectivity index (χ0) is 35.6. The molecule has 0 saturated heterocycles. The Morgan fingerprint density at radius 3 is 1.52 bits per heavy atom. The van der Waals surface area contributed by atoms with Crippen LogP contribution in [0.2, 0.25) is 0 Å². The lowest BCUT2D eigenvalue weighted by Gasteiger charge is -2.22. The first-order valence-corrected chi connectivity index (χ1v) is 19.1. The van der Waals surface area contributed by atoms with E-state index in [2.05, 4.69) is 176 Å². The Kier molecular flexibility index (Phi) is 6.63. The minimum absolute atomic E-state index is 0.102. The van der Waals surface area contributed by atoms with E-state index < -0.39 is 0 Å². The molecule has 0 bridgehead atoms. The zero-order valence-electron chi connectivity index (χ0n) is 31.3. The molecule has 252 valence electrons. The normalized spacial score (nSPS) is 12.9. The van der Waals surface area contributed by atoms with E-state index in [0.717, 1.165) is 0 Å². The van der Waals surface area contributed by atoms with Crippen molar-refractivity contribution in [1.82, 2.24) is 0 Å². The SMILES string of the molecule is CC(C)c1ccc2ccc3c(C(C)C)cc(-c4ccc5ccc(-c6ccc7ccc8cc(C(C)(C)C)cc9ccc6c7c89)cc5c4)c4ccc1c2c43. The molecule has 10 aromatic carbocycles. The van der Waals surface area contributed by atoms with Gasteiger partial charge in [0, 0.05) is 0 Å². The van der Waals surface area contributed by atoms with Crippen molar-refractivity contribution in [2.24, 2.45) is 0 Å². The van der Waals surface area contributed by atoms with Gasteiger partial charge >= 0.3 is 0 Å². The maximum absolute atomic E-state index is 2.48. The van der Waals surface area contributed by atoms with Crippen molar-refractivity contribution in [3.8, 4) is 22.3 Å². The Hall–Kier alpha value is -5.46. The Morgan fingerprint density at radius 1 is 0.346 bits per heavy atom. The third-order valence-electron chi connectivity index (χ3n) is 12.0. The topological polar surface area (TPSA) is 0 Å². The molecule has 0 atom stereocenters. The molecule has 0 radical (unpaired) electrons. The summed E-state index contributed by atoms with van der Waals surface area (Å²) in [6.07, 6.45) is 0. The summed E-state index contributed by atoms with van der Waals surface area (Å²) in [5.41, 5.74) is 9.49. The molecule has 0 amide bonds. The molecule has 0 nitrogen and oxygen atoms in total. The first-order valence-electron chi connectivity index (χ1n) is 19.1. The number of fused-ring (bicyclic) bond motifs is 1. The lowest BCUT2D eigenvalue weighted by atomic mass is 9.82. The summed E-state index contributed by atoms with van der Waals surface area (Å²) in [5.74, 6) is 0.882. The van der Waals surface area contributed by atoms with Crippen molar-refractivity contribution >= 4 is 75.4 Å². The number of hydrogen-bond donors (Lipinski definition) is 0. The van der Waals surface area contributed by atoms with Crippen molar-refractivity contribution in [3.63, 3.8) is 0 Å². The first-order chi connectivity index (χ1) is 25.0. The van der Waals surface area contributed by atoms with Gasteiger partial charge in [0.15, 0.2) is 0 Å². The fourth-order valence-corrected chi connectivity index (χ4v) is 9.25. The van der Waals surface area contributed by atoms with Gasteiger partial charge in [0.1, 0.15) is 0 Å². The molecule has 0 fully saturated rings. The lowest BCUT2D eigenvalue weighted by Crippen LogP contribution is -2.10. The van der Waals surface area contributed by atoms with Crippen molar-refractivity contribution in [2.45, 2.75) is 65.7 Å². The van der Waals surface area contributed by atoms with E-state index in [4.69, 9.17) is 0 Å². The average Bonchev–Trinajstić information content (AvgIpc) is 3.14. The second kappa shape index (κ2) is 11.0. The highest BCUT2D eigenvalue weighted by Gasteiger charge is 2.21. The van der Waals surface area contributed by atoms with Crippen LogP contribution in [0.5, 0.6) is 0 Å². The summed E-state index contributed by atoms with van der Waals surface area (Å²) < 4.78 is 0. The molecule has 0 aromatic heterocycles. The summed E-state index contributed by atoms with van der Waals surface area (Å²) in [7, 11) is 0. The molecule has 52 heavy (non-hydrogen) atoms. The van der Waals surface area contributed by atoms with Crippen LogP contribution in [0.4, 0.5) is 0 Å². The standard InChI is InChI=1S/C52H44/c1-29(2)40-18-14-33-16-20-44-46(30(3)4)28-47(45-23-22-42(40)50(33)51(44)45)35-12-9-31-8-11-34(24-38(31)25-35)41-19-15-32-10-13-36-26-39(52(5,6)7)27-37-17-21-43(41)49(32)48(36)37/h8-30H,1-7H3. The number of rotatable bonds is 4.